The monoisotopic (exact) mass is 309 g/mol. The number of fused-ring (bicyclic) bond motifs is 1. The van der Waals surface area contributed by atoms with Crippen molar-refractivity contribution in [2.45, 2.75) is 19.4 Å². The molecule has 1 fully saturated rings. The lowest BCUT2D eigenvalue weighted by molar-refractivity contribution is 0.336. The number of aromatic amines is 1. The lowest BCUT2D eigenvalue weighted by Crippen LogP contribution is -2.30. The van der Waals surface area contributed by atoms with Crippen molar-refractivity contribution in [3.63, 3.8) is 0 Å². The molecule has 0 bridgehead atoms. The fraction of sp³-hybridized carbons (Fsp3) is 0.462. The molecule has 2 N–H and O–H groups in total. The average Bonchev–Trinajstić information content (AvgIpc) is 2.69. The quantitative estimate of drug-likeness (QED) is 0.892. The highest BCUT2D eigenvalue weighted by molar-refractivity contribution is 9.10. The van der Waals surface area contributed by atoms with Crippen LogP contribution in [0.1, 0.15) is 12.8 Å². The Hall–Kier alpha value is -1.07. The highest BCUT2D eigenvalue weighted by atomic mass is 79.9. The van der Waals surface area contributed by atoms with Gasteiger partial charge in [0, 0.05) is 28.8 Å². The summed E-state index contributed by atoms with van der Waals surface area (Å²) < 4.78 is 3.09. The van der Waals surface area contributed by atoms with Crippen LogP contribution in [0.25, 0.3) is 10.9 Å². The molecule has 1 aliphatic rings. The molecule has 0 radical (unpaired) electrons. The molecule has 0 saturated carbocycles. The van der Waals surface area contributed by atoms with Crippen molar-refractivity contribution in [3.05, 3.63) is 33.3 Å². The maximum Gasteiger partial charge on any atom is 0.272 e. The third-order valence-corrected chi connectivity index (χ3v) is 4.29. The van der Waals surface area contributed by atoms with Crippen LogP contribution < -0.4 is 10.9 Å². The Labute approximate surface area is 114 Å². The van der Waals surface area contributed by atoms with Gasteiger partial charge in [0.2, 0.25) is 0 Å². The molecule has 5 heteroatoms. The molecule has 96 valence electrons. The molecule has 0 aliphatic carbocycles. The number of hydrogen-bond donors (Lipinski definition) is 2. The van der Waals surface area contributed by atoms with E-state index in [1.807, 2.05) is 12.3 Å². The number of piperidine rings is 1. The van der Waals surface area contributed by atoms with Crippen LogP contribution in [0.5, 0.6) is 0 Å². The van der Waals surface area contributed by atoms with Gasteiger partial charge in [0.15, 0.2) is 0 Å². The molecule has 4 nitrogen and oxygen atoms in total. The van der Waals surface area contributed by atoms with Gasteiger partial charge >= 0.3 is 0 Å². The lowest BCUT2D eigenvalue weighted by Gasteiger charge is -2.23. The van der Waals surface area contributed by atoms with Crippen LogP contribution in [0.3, 0.4) is 0 Å². The predicted octanol–water partition coefficient (Wildman–Crippen LogP) is 2.09. The molecule has 2 aromatic heterocycles. The van der Waals surface area contributed by atoms with Crippen LogP contribution in [-0.2, 0) is 6.54 Å². The Morgan fingerprint density at radius 3 is 2.94 bits per heavy atom. The van der Waals surface area contributed by atoms with E-state index >= 15 is 0 Å². The van der Waals surface area contributed by atoms with E-state index in [1.54, 1.807) is 6.20 Å². The van der Waals surface area contributed by atoms with Crippen molar-refractivity contribution in [1.29, 1.82) is 0 Å². The molecular formula is C13H16BrN3O. The Balaban J connectivity index is 1.98. The van der Waals surface area contributed by atoms with Crippen molar-refractivity contribution in [2.75, 3.05) is 13.1 Å². The fourth-order valence-corrected chi connectivity index (χ4v) is 3.27. The SMILES string of the molecule is O=c1[nH]ccc2c(Br)cn(CC3CCNCC3)c12. The molecule has 0 atom stereocenters. The Morgan fingerprint density at radius 2 is 2.17 bits per heavy atom. The molecule has 3 heterocycles. The number of hydrogen-bond acceptors (Lipinski definition) is 2. The molecule has 1 aliphatic heterocycles. The van der Waals surface area contributed by atoms with Crippen LogP contribution >= 0.6 is 15.9 Å². The number of halogens is 1. The van der Waals surface area contributed by atoms with Crippen LogP contribution in [0.2, 0.25) is 0 Å². The highest BCUT2D eigenvalue weighted by Gasteiger charge is 2.16. The number of aromatic nitrogens is 2. The van der Waals surface area contributed by atoms with Gasteiger partial charge < -0.3 is 14.9 Å². The molecule has 2 aromatic rings. The third kappa shape index (κ3) is 2.12. The van der Waals surface area contributed by atoms with Crippen LogP contribution in [0, 0.1) is 5.92 Å². The highest BCUT2D eigenvalue weighted by Crippen LogP contribution is 2.25. The van der Waals surface area contributed by atoms with Crippen LogP contribution in [0.4, 0.5) is 0 Å². The molecular weight excluding hydrogens is 294 g/mol. The summed E-state index contributed by atoms with van der Waals surface area (Å²) in [5.74, 6) is 0.661. The van der Waals surface area contributed by atoms with Gasteiger partial charge in [-0.05, 0) is 53.8 Å². The minimum atomic E-state index is -0.00728. The van der Waals surface area contributed by atoms with E-state index in [0.717, 1.165) is 35.0 Å². The van der Waals surface area contributed by atoms with Crippen LogP contribution in [0.15, 0.2) is 27.7 Å². The van der Waals surface area contributed by atoms with Crippen molar-refractivity contribution in [3.8, 4) is 0 Å². The molecule has 0 aromatic carbocycles. The van der Waals surface area contributed by atoms with Crippen molar-refractivity contribution >= 4 is 26.8 Å². The van der Waals surface area contributed by atoms with Crippen molar-refractivity contribution < 1.29 is 0 Å². The van der Waals surface area contributed by atoms with Crippen molar-refractivity contribution in [2.24, 2.45) is 5.92 Å². The van der Waals surface area contributed by atoms with Gasteiger partial charge in [-0.25, -0.2) is 0 Å². The summed E-state index contributed by atoms with van der Waals surface area (Å²) in [6, 6.07) is 1.94. The standard InChI is InChI=1S/C13H16BrN3O/c14-11-8-17(7-9-1-4-15-5-2-9)12-10(11)3-6-16-13(12)18/h3,6,8-9,15H,1-2,4-5,7H2,(H,16,18). The summed E-state index contributed by atoms with van der Waals surface area (Å²) >= 11 is 3.53. The second-order valence-electron chi connectivity index (χ2n) is 4.89. The van der Waals surface area contributed by atoms with Crippen molar-refractivity contribution in [1.82, 2.24) is 14.9 Å². The van der Waals surface area contributed by atoms with E-state index < -0.39 is 0 Å². The van der Waals surface area contributed by atoms with Gasteiger partial charge in [0.05, 0.1) is 0 Å². The maximum absolute atomic E-state index is 11.9. The summed E-state index contributed by atoms with van der Waals surface area (Å²) in [5, 5.41) is 4.36. The maximum atomic E-state index is 11.9. The van der Waals surface area contributed by atoms with Crippen LogP contribution in [-0.4, -0.2) is 22.6 Å². The Kier molecular flexibility index (Phi) is 3.26. The number of H-pyrrole nitrogens is 1. The van der Waals surface area contributed by atoms with E-state index in [4.69, 9.17) is 0 Å². The van der Waals surface area contributed by atoms with E-state index in [9.17, 15) is 4.79 Å². The number of rotatable bonds is 2. The topological polar surface area (TPSA) is 49.8 Å². The largest absolute Gasteiger partial charge is 0.342 e. The molecule has 3 rings (SSSR count). The summed E-state index contributed by atoms with van der Waals surface area (Å²) in [5.41, 5.74) is 0.773. The summed E-state index contributed by atoms with van der Waals surface area (Å²) in [4.78, 5) is 14.7. The molecule has 0 spiro atoms. The lowest BCUT2D eigenvalue weighted by atomic mass is 9.98. The first kappa shape index (κ1) is 12.0. The van der Waals surface area contributed by atoms with Gasteiger partial charge in [0.25, 0.3) is 5.56 Å². The van der Waals surface area contributed by atoms with Gasteiger partial charge in [0.1, 0.15) is 5.52 Å². The fourth-order valence-electron chi connectivity index (χ4n) is 2.71. The van der Waals surface area contributed by atoms with Gasteiger partial charge in [-0.3, -0.25) is 4.79 Å². The average molecular weight is 310 g/mol. The Morgan fingerprint density at radius 1 is 1.39 bits per heavy atom. The van der Waals surface area contributed by atoms with E-state index in [-0.39, 0.29) is 5.56 Å². The van der Waals surface area contributed by atoms with Gasteiger partial charge in [-0.1, -0.05) is 0 Å². The molecule has 1 saturated heterocycles. The normalized spacial score (nSPS) is 17.4. The zero-order valence-corrected chi connectivity index (χ0v) is 11.7. The second kappa shape index (κ2) is 4.90. The Bertz CT molecular complexity index is 610. The first-order valence-corrected chi connectivity index (χ1v) is 7.12. The minimum Gasteiger partial charge on any atom is -0.342 e. The zero-order valence-electron chi connectivity index (χ0n) is 10.1. The van der Waals surface area contributed by atoms with E-state index in [2.05, 4.69) is 30.8 Å². The first-order valence-electron chi connectivity index (χ1n) is 6.32. The van der Waals surface area contributed by atoms with E-state index in [0.29, 0.717) is 5.92 Å². The zero-order chi connectivity index (χ0) is 12.5. The summed E-state index contributed by atoms with van der Waals surface area (Å²) in [6.45, 7) is 3.10. The molecule has 0 unspecified atom stereocenters. The number of pyridine rings is 1. The summed E-state index contributed by atoms with van der Waals surface area (Å²) in [7, 11) is 0. The number of nitrogens with zero attached hydrogens (tertiary/aromatic N) is 1. The predicted molar refractivity (Wildman–Crippen MR) is 75.9 cm³/mol. The van der Waals surface area contributed by atoms with E-state index in [1.165, 1.54) is 12.8 Å². The first-order chi connectivity index (χ1) is 8.75. The van der Waals surface area contributed by atoms with Gasteiger partial charge in [-0.15, -0.1) is 0 Å². The van der Waals surface area contributed by atoms with Gasteiger partial charge in [-0.2, -0.15) is 0 Å². The summed E-state index contributed by atoms with van der Waals surface area (Å²) in [6.07, 6.45) is 6.09. The minimum absolute atomic E-state index is 0.00728. The number of nitrogens with one attached hydrogen (secondary N) is 2. The smallest absolute Gasteiger partial charge is 0.272 e. The molecule has 0 amide bonds. The second-order valence-corrected chi connectivity index (χ2v) is 5.75. The molecule has 18 heavy (non-hydrogen) atoms. The third-order valence-electron chi connectivity index (χ3n) is 3.66.